The second kappa shape index (κ2) is 6.34. The van der Waals surface area contributed by atoms with Crippen LogP contribution in [0.25, 0.3) is 10.8 Å². The summed E-state index contributed by atoms with van der Waals surface area (Å²) in [5.74, 6) is -0.194. The molecule has 0 aliphatic rings. The Labute approximate surface area is 113 Å². The molecule has 2 aromatic carbocycles. The number of methoxy groups -OCH3 is 1. The molecule has 0 spiro atoms. The number of nitrogens with zero attached hydrogens (tertiary/aromatic N) is 1. The molecule has 3 heteroatoms. The van der Waals surface area contributed by atoms with Crippen LogP contribution in [-0.4, -0.2) is 38.1 Å². The first kappa shape index (κ1) is 13.6. The number of benzene rings is 2. The van der Waals surface area contributed by atoms with Crippen molar-refractivity contribution in [2.75, 3.05) is 27.2 Å². The first-order valence-corrected chi connectivity index (χ1v) is 6.42. The summed E-state index contributed by atoms with van der Waals surface area (Å²) >= 11 is 0. The van der Waals surface area contributed by atoms with Crippen LogP contribution in [-0.2, 0) is 16.0 Å². The Balaban J connectivity index is 2.04. The molecule has 100 valence electrons. The first-order valence-electron chi connectivity index (χ1n) is 6.42. The lowest BCUT2D eigenvalue weighted by Crippen LogP contribution is -2.28. The number of carbonyl (C=O) groups is 1. The van der Waals surface area contributed by atoms with E-state index in [1.165, 1.54) is 23.4 Å². The Morgan fingerprint density at radius 2 is 1.89 bits per heavy atom. The van der Waals surface area contributed by atoms with E-state index in [-0.39, 0.29) is 5.97 Å². The Hall–Kier alpha value is -1.87. The van der Waals surface area contributed by atoms with E-state index < -0.39 is 0 Å². The summed E-state index contributed by atoms with van der Waals surface area (Å²) in [4.78, 5) is 13.2. The molecule has 0 heterocycles. The maximum Gasteiger partial charge on any atom is 0.319 e. The number of esters is 1. The molecule has 0 bridgehead atoms. The number of rotatable bonds is 5. The maximum atomic E-state index is 11.2. The molecular formula is C16H19NO2. The molecule has 2 rings (SSSR count). The minimum atomic E-state index is -0.194. The van der Waals surface area contributed by atoms with Gasteiger partial charge in [0.2, 0.25) is 0 Å². The lowest BCUT2D eigenvalue weighted by molar-refractivity contribution is -0.141. The largest absolute Gasteiger partial charge is 0.468 e. The molecule has 0 unspecified atom stereocenters. The van der Waals surface area contributed by atoms with Crippen LogP contribution in [0.4, 0.5) is 0 Å². The van der Waals surface area contributed by atoms with E-state index in [1.54, 1.807) is 0 Å². The van der Waals surface area contributed by atoms with Gasteiger partial charge in [-0.05, 0) is 29.8 Å². The van der Waals surface area contributed by atoms with Crippen molar-refractivity contribution in [1.29, 1.82) is 0 Å². The summed E-state index contributed by atoms with van der Waals surface area (Å²) in [6.45, 7) is 1.17. The molecule has 0 aromatic heterocycles. The maximum absolute atomic E-state index is 11.2. The Morgan fingerprint density at radius 3 is 2.68 bits per heavy atom. The average Bonchev–Trinajstić information content (AvgIpc) is 2.44. The molecular weight excluding hydrogens is 238 g/mol. The van der Waals surface area contributed by atoms with Gasteiger partial charge in [0.15, 0.2) is 0 Å². The van der Waals surface area contributed by atoms with E-state index in [0.717, 1.165) is 13.0 Å². The number of likely N-dealkylation sites (N-methyl/N-ethyl adjacent to an activating group) is 1. The summed E-state index contributed by atoms with van der Waals surface area (Å²) in [5.41, 5.74) is 1.31. The summed E-state index contributed by atoms with van der Waals surface area (Å²) in [6.07, 6.45) is 0.925. The second-order valence-corrected chi connectivity index (χ2v) is 4.70. The molecule has 3 nitrogen and oxygen atoms in total. The highest BCUT2D eigenvalue weighted by Crippen LogP contribution is 2.18. The van der Waals surface area contributed by atoms with Gasteiger partial charge in [0.05, 0.1) is 13.7 Å². The summed E-state index contributed by atoms with van der Waals surface area (Å²) in [6, 6.07) is 14.7. The monoisotopic (exact) mass is 257 g/mol. The lowest BCUT2D eigenvalue weighted by atomic mass is 10.0. The third-order valence-corrected chi connectivity index (χ3v) is 3.27. The zero-order valence-electron chi connectivity index (χ0n) is 11.4. The van der Waals surface area contributed by atoms with Gasteiger partial charge in [-0.2, -0.15) is 0 Å². The minimum absolute atomic E-state index is 0.194. The zero-order valence-corrected chi connectivity index (χ0v) is 11.4. The number of hydrogen-bond acceptors (Lipinski definition) is 3. The van der Waals surface area contributed by atoms with E-state index in [0.29, 0.717) is 6.54 Å². The first-order chi connectivity index (χ1) is 9.20. The number of carbonyl (C=O) groups excluding carboxylic acids is 1. The highest BCUT2D eigenvalue weighted by Gasteiger charge is 2.07. The SMILES string of the molecule is COC(=O)CN(C)CCc1cccc2ccccc12. The van der Waals surface area contributed by atoms with Crippen molar-refractivity contribution in [2.45, 2.75) is 6.42 Å². The normalized spacial score (nSPS) is 10.9. The Bertz CT molecular complexity index is 560. The molecule has 19 heavy (non-hydrogen) atoms. The summed E-state index contributed by atoms with van der Waals surface area (Å²) < 4.78 is 4.66. The molecule has 0 saturated carbocycles. The number of hydrogen-bond donors (Lipinski definition) is 0. The lowest BCUT2D eigenvalue weighted by Gasteiger charge is -2.15. The van der Waals surface area contributed by atoms with Crippen molar-refractivity contribution < 1.29 is 9.53 Å². The van der Waals surface area contributed by atoms with Gasteiger partial charge in [0.25, 0.3) is 0 Å². The van der Waals surface area contributed by atoms with E-state index in [9.17, 15) is 4.79 Å². The summed E-state index contributed by atoms with van der Waals surface area (Å²) in [5, 5.41) is 2.55. The van der Waals surface area contributed by atoms with Crippen molar-refractivity contribution in [3.05, 3.63) is 48.0 Å². The molecule has 0 amide bonds. The smallest absolute Gasteiger partial charge is 0.319 e. The van der Waals surface area contributed by atoms with Gasteiger partial charge in [-0.15, -0.1) is 0 Å². The quantitative estimate of drug-likeness (QED) is 0.771. The fourth-order valence-electron chi connectivity index (χ4n) is 2.19. The third-order valence-electron chi connectivity index (χ3n) is 3.27. The van der Waals surface area contributed by atoms with Gasteiger partial charge >= 0.3 is 5.97 Å². The van der Waals surface area contributed by atoms with Crippen molar-refractivity contribution >= 4 is 16.7 Å². The van der Waals surface area contributed by atoms with Crippen LogP contribution in [0.2, 0.25) is 0 Å². The van der Waals surface area contributed by atoms with Crippen LogP contribution in [0.3, 0.4) is 0 Å². The van der Waals surface area contributed by atoms with Crippen LogP contribution in [0.5, 0.6) is 0 Å². The molecule has 0 radical (unpaired) electrons. The average molecular weight is 257 g/mol. The van der Waals surface area contributed by atoms with Crippen LogP contribution < -0.4 is 0 Å². The standard InChI is InChI=1S/C16H19NO2/c1-17(12-16(18)19-2)11-10-14-8-5-7-13-6-3-4-9-15(13)14/h3-9H,10-12H2,1-2H3. The predicted molar refractivity (Wildman–Crippen MR) is 77.2 cm³/mol. The third kappa shape index (κ3) is 3.55. The molecule has 0 saturated heterocycles. The van der Waals surface area contributed by atoms with Gasteiger partial charge in [-0.3, -0.25) is 9.69 Å². The molecule has 0 fully saturated rings. The van der Waals surface area contributed by atoms with Crippen molar-refractivity contribution in [2.24, 2.45) is 0 Å². The summed E-state index contributed by atoms with van der Waals surface area (Å²) in [7, 11) is 3.35. The molecule has 0 aliphatic carbocycles. The van der Waals surface area contributed by atoms with Crippen molar-refractivity contribution in [3.63, 3.8) is 0 Å². The highest BCUT2D eigenvalue weighted by molar-refractivity contribution is 5.85. The number of ether oxygens (including phenoxy) is 1. The van der Waals surface area contributed by atoms with Crippen molar-refractivity contribution in [1.82, 2.24) is 4.90 Å². The fraction of sp³-hybridized carbons (Fsp3) is 0.312. The fourth-order valence-corrected chi connectivity index (χ4v) is 2.19. The van der Waals surface area contributed by atoms with E-state index >= 15 is 0 Å². The van der Waals surface area contributed by atoms with Crippen LogP contribution in [0, 0.1) is 0 Å². The van der Waals surface area contributed by atoms with Gasteiger partial charge in [-0.25, -0.2) is 0 Å². The van der Waals surface area contributed by atoms with Crippen LogP contribution in [0.15, 0.2) is 42.5 Å². The Morgan fingerprint density at radius 1 is 1.16 bits per heavy atom. The van der Waals surface area contributed by atoms with Gasteiger partial charge in [0.1, 0.15) is 0 Å². The molecule has 0 atom stereocenters. The van der Waals surface area contributed by atoms with Crippen LogP contribution >= 0.6 is 0 Å². The van der Waals surface area contributed by atoms with Gasteiger partial charge < -0.3 is 4.74 Å². The minimum Gasteiger partial charge on any atom is -0.468 e. The molecule has 0 aliphatic heterocycles. The van der Waals surface area contributed by atoms with E-state index in [2.05, 4.69) is 47.2 Å². The molecule has 0 N–H and O–H groups in total. The van der Waals surface area contributed by atoms with Gasteiger partial charge in [-0.1, -0.05) is 42.5 Å². The van der Waals surface area contributed by atoms with E-state index in [1.807, 2.05) is 11.9 Å². The predicted octanol–water partition coefficient (Wildman–Crippen LogP) is 2.49. The topological polar surface area (TPSA) is 29.5 Å². The second-order valence-electron chi connectivity index (χ2n) is 4.70. The van der Waals surface area contributed by atoms with Crippen molar-refractivity contribution in [3.8, 4) is 0 Å². The van der Waals surface area contributed by atoms with Crippen LogP contribution in [0.1, 0.15) is 5.56 Å². The van der Waals surface area contributed by atoms with Gasteiger partial charge in [0, 0.05) is 6.54 Å². The zero-order chi connectivity index (χ0) is 13.7. The molecule has 2 aromatic rings. The Kier molecular flexibility index (Phi) is 4.53. The number of fused-ring (bicyclic) bond motifs is 1. The highest BCUT2D eigenvalue weighted by atomic mass is 16.5. The van der Waals surface area contributed by atoms with E-state index in [4.69, 9.17) is 0 Å².